The normalized spacial score (nSPS) is 10.6. The van der Waals surface area contributed by atoms with Crippen molar-refractivity contribution in [3.05, 3.63) is 24.6 Å². The predicted molar refractivity (Wildman–Crippen MR) is 70.3 cm³/mol. The van der Waals surface area contributed by atoms with Crippen LogP contribution in [-0.2, 0) is 16.0 Å². The second-order valence-corrected chi connectivity index (χ2v) is 5.03. The van der Waals surface area contributed by atoms with Crippen LogP contribution in [0.15, 0.2) is 6.20 Å². The minimum Gasteiger partial charge on any atom is -0.469 e. The van der Waals surface area contributed by atoms with Gasteiger partial charge in [0, 0.05) is 9.77 Å². The van der Waals surface area contributed by atoms with Crippen LogP contribution in [0.3, 0.4) is 0 Å². The lowest BCUT2D eigenvalue weighted by Gasteiger charge is -2.11. The van der Waals surface area contributed by atoms with Crippen LogP contribution < -0.4 is 0 Å². The van der Waals surface area contributed by atoms with Crippen LogP contribution in [0, 0.1) is 7.27 Å². The van der Waals surface area contributed by atoms with Gasteiger partial charge in [-0.25, -0.2) is 13.8 Å². The summed E-state index contributed by atoms with van der Waals surface area (Å²) in [4.78, 5) is 15.0. The molecule has 0 amide bonds. The van der Waals surface area contributed by atoms with Gasteiger partial charge in [0.15, 0.2) is 0 Å². The number of halogens is 4. The van der Waals surface area contributed by atoms with Crippen LogP contribution in [0.1, 0.15) is 17.6 Å². The molecule has 0 saturated carbocycles. The standard InChI is InChI=1S/C9H7F2I2NO2/c1-16-6(15)2-4-5(12)3-14-9(13)7(4)8(10)11/h3,8H,2H2,1H3. The van der Waals surface area contributed by atoms with Gasteiger partial charge in [0.2, 0.25) is 0 Å². The SMILES string of the molecule is COC(=O)Cc1c(I)cnc(I)c1C(F)F. The molecule has 88 valence electrons. The Hall–Kier alpha value is -0.0600. The molecule has 0 aliphatic rings. The van der Waals surface area contributed by atoms with E-state index in [4.69, 9.17) is 0 Å². The first-order chi connectivity index (χ1) is 7.47. The Balaban J connectivity index is 3.23. The smallest absolute Gasteiger partial charge is 0.310 e. The maximum Gasteiger partial charge on any atom is 0.310 e. The van der Waals surface area contributed by atoms with Crippen molar-refractivity contribution in [3.8, 4) is 0 Å². The second kappa shape index (κ2) is 6.03. The molecular formula is C9H7F2I2NO2. The maximum absolute atomic E-state index is 12.8. The van der Waals surface area contributed by atoms with E-state index >= 15 is 0 Å². The fraction of sp³-hybridized carbons (Fsp3) is 0.333. The van der Waals surface area contributed by atoms with Gasteiger partial charge in [-0.1, -0.05) is 0 Å². The monoisotopic (exact) mass is 453 g/mol. The summed E-state index contributed by atoms with van der Waals surface area (Å²) in [6.07, 6.45) is -1.34. The van der Waals surface area contributed by atoms with Crippen molar-refractivity contribution in [3.63, 3.8) is 0 Å². The molecule has 1 aromatic rings. The molecule has 0 bridgehead atoms. The van der Waals surface area contributed by atoms with Crippen LogP contribution in [0.5, 0.6) is 0 Å². The van der Waals surface area contributed by atoms with E-state index in [1.807, 2.05) is 22.6 Å². The summed E-state index contributed by atoms with van der Waals surface area (Å²) in [7, 11) is 1.23. The van der Waals surface area contributed by atoms with E-state index in [-0.39, 0.29) is 15.7 Å². The Morgan fingerprint density at radius 2 is 2.19 bits per heavy atom. The largest absolute Gasteiger partial charge is 0.469 e. The molecule has 0 N–H and O–H groups in total. The number of carbonyl (C=O) groups is 1. The fourth-order valence-electron chi connectivity index (χ4n) is 1.13. The van der Waals surface area contributed by atoms with E-state index in [0.717, 1.165) is 0 Å². The summed E-state index contributed by atoms with van der Waals surface area (Å²) in [5, 5.41) is 0. The number of alkyl halides is 2. The van der Waals surface area contributed by atoms with E-state index < -0.39 is 12.4 Å². The Bertz CT molecular complexity index is 413. The number of rotatable bonds is 3. The molecule has 0 spiro atoms. The van der Waals surface area contributed by atoms with Crippen molar-refractivity contribution >= 4 is 51.2 Å². The highest BCUT2D eigenvalue weighted by Gasteiger charge is 2.22. The lowest BCUT2D eigenvalue weighted by atomic mass is 10.1. The van der Waals surface area contributed by atoms with E-state index in [9.17, 15) is 13.6 Å². The zero-order valence-corrected chi connectivity index (χ0v) is 12.5. The number of ether oxygens (including phenoxy) is 1. The fourth-order valence-corrected chi connectivity index (χ4v) is 2.45. The quantitative estimate of drug-likeness (QED) is 0.402. The van der Waals surface area contributed by atoms with Crippen LogP contribution in [0.2, 0.25) is 0 Å². The molecule has 0 aliphatic carbocycles. The summed E-state index contributed by atoms with van der Waals surface area (Å²) in [6.45, 7) is 0. The molecule has 0 saturated heterocycles. The van der Waals surface area contributed by atoms with Gasteiger partial charge in [0.25, 0.3) is 6.43 Å². The molecule has 7 heteroatoms. The Morgan fingerprint density at radius 3 is 2.69 bits per heavy atom. The third-order valence-electron chi connectivity index (χ3n) is 1.89. The lowest BCUT2D eigenvalue weighted by Crippen LogP contribution is -2.11. The van der Waals surface area contributed by atoms with Gasteiger partial charge < -0.3 is 4.74 Å². The molecule has 0 radical (unpaired) electrons. The molecule has 0 fully saturated rings. The van der Waals surface area contributed by atoms with Crippen molar-refractivity contribution in [1.29, 1.82) is 0 Å². The van der Waals surface area contributed by atoms with E-state index in [2.05, 4.69) is 9.72 Å². The molecule has 3 nitrogen and oxygen atoms in total. The van der Waals surface area contributed by atoms with Crippen molar-refractivity contribution in [2.75, 3.05) is 7.11 Å². The van der Waals surface area contributed by atoms with Crippen molar-refractivity contribution in [2.45, 2.75) is 12.8 Å². The highest BCUT2D eigenvalue weighted by molar-refractivity contribution is 14.1. The Morgan fingerprint density at radius 1 is 1.56 bits per heavy atom. The molecule has 0 unspecified atom stereocenters. The summed E-state index contributed by atoms with van der Waals surface area (Å²) < 4.78 is 30.9. The first-order valence-electron chi connectivity index (χ1n) is 4.15. The molecular weight excluding hydrogens is 446 g/mol. The number of hydrogen-bond acceptors (Lipinski definition) is 3. The number of nitrogens with zero attached hydrogens (tertiary/aromatic N) is 1. The first-order valence-corrected chi connectivity index (χ1v) is 6.30. The maximum atomic E-state index is 12.8. The molecule has 16 heavy (non-hydrogen) atoms. The molecule has 0 aromatic carbocycles. The molecule has 1 aromatic heterocycles. The second-order valence-electron chi connectivity index (χ2n) is 2.84. The average Bonchev–Trinajstić information content (AvgIpc) is 2.22. The molecule has 0 atom stereocenters. The van der Waals surface area contributed by atoms with Crippen molar-refractivity contribution in [1.82, 2.24) is 4.98 Å². The average molecular weight is 453 g/mol. The summed E-state index contributed by atoms with van der Waals surface area (Å²) in [6, 6.07) is 0. The van der Waals surface area contributed by atoms with Crippen LogP contribution >= 0.6 is 45.2 Å². The minimum atomic E-state index is -2.64. The number of methoxy groups -OCH3 is 1. The number of aromatic nitrogens is 1. The number of carbonyl (C=O) groups excluding carboxylic acids is 1. The van der Waals surface area contributed by atoms with Gasteiger partial charge in [-0.15, -0.1) is 0 Å². The third-order valence-corrected chi connectivity index (χ3v) is 3.68. The molecule has 1 heterocycles. The van der Waals surface area contributed by atoms with E-state index in [1.165, 1.54) is 13.3 Å². The number of esters is 1. The third kappa shape index (κ3) is 3.22. The highest BCUT2D eigenvalue weighted by Crippen LogP contribution is 2.30. The number of hydrogen-bond donors (Lipinski definition) is 0. The van der Waals surface area contributed by atoms with Gasteiger partial charge in [0.05, 0.1) is 19.1 Å². The zero-order valence-electron chi connectivity index (χ0n) is 8.14. The van der Waals surface area contributed by atoms with Gasteiger partial charge >= 0.3 is 5.97 Å². The summed E-state index contributed by atoms with van der Waals surface area (Å²) in [5.41, 5.74) is 0.111. The van der Waals surface area contributed by atoms with E-state index in [1.54, 1.807) is 22.6 Å². The summed E-state index contributed by atoms with van der Waals surface area (Å²) in [5.74, 6) is -0.540. The van der Waals surface area contributed by atoms with Gasteiger partial charge in [-0.2, -0.15) is 0 Å². The van der Waals surface area contributed by atoms with Gasteiger partial charge in [-0.3, -0.25) is 4.79 Å². The van der Waals surface area contributed by atoms with E-state index in [0.29, 0.717) is 9.13 Å². The van der Waals surface area contributed by atoms with Gasteiger partial charge in [-0.05, 0) is 50.7 Å². The number of pyridine rings is 1. The van der Waals surface area contributed by atoms with Crippen LogP contribution in [-0.4, -0.2) is 18.1 Å². The zero-order chi connectivity index (χ0) is 12.3. The van der Waals surface area contributed by atoms with Crippen LogP contribution in [0.25, 0.3) is 0 Å². The highest BCUT2D eigenvalue weighted by atomic mass is 127. The summed E-state index contributed by atoms with van der Waals surface area (Å²) >= 11 is 3.61. The molecule has 0 aliphatic heterocycles. The van der Waals surface area contributed by atoms with Crippen molar-refractivity contribution < 1.29 is 18.3 Å². The predicted octanol–water partition coefficient (Wildman–Crippen LogP) is 2.94. The molecule has 1 rings (SSSR count). The minimum absolute atomic E-state index is 0.160. The lowest BCUT2D eigenvalue weighted by molar-refractivity contribution is -0.139. The topological polar surface area (TPSA) is 39.2 Å². The first kappa shape index (κ1) is 14.0. The van der Waals surface area contributed by atoms with Crippen molar-refractivity contribution in [2.24, 2.45) is 0 Å². The van der Waals surface area contributed by atoms with Crippen LogP contribution in [0.4, 0.5) is 8.78 Å². The van der Waals surface area contributed by atoms with Gasteiger partial charge in [0.1, 0.15) is 3.70 Å². The Labute approximate surface area is 118 Å². The Kier molecular flexibility index (Phi) is 5.28.